The standard InChI is InChI=1S/C13H23O2S.C4HF9O3S/c1-2-3-4-5-6-13(15)11-16-9-7-12(14)8-10-16;5-1(6,3(9,10)11)2(7,8)4(12,13)17(14,15)16/h2-11H2,1H3;(H,14,15,16)/q+1;/p-1. The highest BCUT2D eigenvalue weighted by Gasteiger charge is 2.83. The lowest BCUT2D eigenvalue weighted by atomic mass is 10.1. The van der Waals surface area contributed by atoms with Crippen molar-refractivity contribution in [3.05, 3.63) is 0 Å². The molecule has 0 unspecified atom stereocenters. The van der Waals surface area contributed by atoms with Gasteiger partial charge >= 0.3 is 23.3 Å². The number of carbonyl (C=O) groups is 2. The number of hydrogen-bond donors (Lipinski definition) is 0. The van der Waals surface area contributed by atoms with Crippen LogP contribution in [0.5, 0.6) is 0 Å². The molecule has 1 heterocycles. The molecule has 0 saturated carbocycles. The Morgan fingerprint density at radius 2 is 1.39 bits per heavy atom. The molecule has 0 spiro atoms. The Labute approximate surface area is 187 Å². The van der Waals surface area contributed by atoms with Gasteiger partial charge in [0, 0.05) is 6.42 Å². The summed E-state index contributed by atoms with van der Waals surface area (Å²) < 4.78 is 135. The highest BCUT2D eigenvalue weighted by Crippen LogP contribution is 2.54. The predicted octanol–water partition coefficient (Wildman–Crippen LogP) is 4.46. The van der Waals surface area contributed by atoms with Crippen LogP contribution in [0.1, 0.15) is 51.9 Å². The molecule has 0 aromatic rings. The van der Waals surface area contributed by atoms with Gasteiger partial charge in [0.1, 0.15) is 17.3 Å². The van der Waals surface area contributed by atoms with Crippen molar-refractivity contribution in [1.82, 2.24) is 0 Å². The number of unbranched alkanes of at least 4 members (excludes halogenated alkanes) is 3. The Morgan fingerprint density at radius 1 is 0.909 bits per heavy atom. The zero-order valence-electron chi connectivity index (χ0n) is 17.3. The zero-order valence-corrected chi connectivity index (χ0v) is 19.0. The molecule has 1 saturated heterocycles. The molecule has 1 rings (SSSR count). The number of rotatable bonds is 10. The molecule has 1 aliphatic rings. The van der Waals surface area contributed by atoms with Crippen molar-refractivity contribution in [3.8, 4) is 0 Å². The van der Waals surface area contributed by atoms with E-state index in [1.54, 1.807) is 0 Å². The van der Waals surface area contributed by atoms with Gasteiger partial charge in [0.2, 0.25) is 0 Å². The monoisotopic (exact) mass is 542 g/mol. The Morgan fingerprint density at radius 3 is 1.79 bits per heavy atom. The second-order valence-electron chi connectivity index (χ2n) is 7.17. The summed E-state index contributed by atoms with van der Waals surface area (Å²) in [5, 5.41) is -7.11. The van der Waals surface area contributed by atoms with Crippen molar-refractivity contribution in [1.29, 1.82) is 0 Å². The van der Waals surface area contributed by atoms with E-state index in [9.17, 15) is 62.1 Å². The van der Waals surface area contributed by atoms with Crippen molar-refractivity contribution in [2.24, 2.45) is 0 Å². The highest BCUT2D eigenvalue weighted by molar-refractivity contribution is 7.97. The van der Waals surface area contributed by atoms with Gasteiger partial charge < -0.3 is 4.55 Å². The molecule has 0 amide bonds. The van der Waals surface area contributed by atoms with E-state index in [1.807, 2.05) is 0 Å². The average Bonchev–Trinajstić information content (AvgIpc) is 2.65. The molecular formula is C17H23F9O5S2. The van der Waals surface area contributed by atoms with Crippen molar-refractivity contribution < 1.29 is 62.1 Å². The molecule has 33 heavy (non-hydrogen) atoms. The van der Waals surface area contributed by atoms with Crippen LogP contribution in [0.2, 0.25) is 0 Å². The molecule has 1 fully saturated rings. The molecule has 0 bridgehead atoms. The summed E-state index contributed by atoms with van der Waals surface area (Å²) in [5.74, 6) is -11.3. The van der Waals surface area contributed by atoms with E-state index in [1.165, 1.54) is 19.3 Å². The second-order valence-corrected chi connectivity index (χ2v) is 10.9. The number of alkyl halides is 9. The fourth-order valence-corrected chi connectivity index (χ4v) is 5.02. The third-order valence-corrected chi connectivity index (χ3v) is 7.62. The molecule has 1 aliphatic heterocycles. The number of halogens is 9. The Hall–Kier alpha value is -1.03. The molecule has 0 radical (unpaired) electrons. The number of carbonyl (C=O) groups excluding carboxylic acids is 2. The third kappa shape index (κ3) is 8.60. The fraction of sp³-hybridized carbons (Fsp3) is 0.882. The number of Topliss-reactive ketones (excluding diaryl/α,β-unsaturated/α-hetero) is 2. The average molecular weight is 542 g/mol. The summed E-state index contributed by atoms with van der Waals surface area (Å²) in [5.41, 5.74) is 0. The molecule has 0 aliphatic carbocycles. The smallest absolute Gasteiger partial charge is 0.460 e. The predicted molar refractivity (Wildman–Crippen MR) is 101 cm³/mol. The normalized spacial score (nSPS) is 16.9. The maximum absolute atomic E-state index is 12.2. The van der Waals surface area contributed by atoms with Gasteiger partial charge in [0.15, 0.2) is 21.7 Å². The van der Waals surface area contributed by atoms with Gasteiger partial charge in [0.05, 0.1) is 12.8 Å². The molecule has 16 heteroatoms. The van der Waals surface area contributed by atoms with Crippen LogP contribution < -0.4 is 0 Å². The van der Waals surface area contributed by atoms with E-state index in [2.05, 4.69) is 6.92 Å². The van der Waals surface area contributed by atoms with E-state index in [0.29, 0.717) is 24.4 Å². The number of ketones is 2. The summed E-state index contributed by atoms with van der Waals surface area (Å²) >= 11 is 0. The first-order valence-corrected chi connectivity index (χ1v) is 12.7. The molecule has 0 aromatic carbocycles. The van der Waals surface area contributed by atoms with Crippen molar-refractivity contribution >= 4 is 32.6 Å². The SMILES string of the molecule is CCCCCCC(=O)C[S+]1CCC(=O)CC1.O=S(=O)([O-])C(F)(F)C(F)(F)C(F)(F)C(F)(F)F. The van der Waals surface area contributed by atoms with E-state index in [4.69, 9.17) is 0 Å². The van der Waals surface area contributed by atoms with Crippen LogP contribution in [0.25, 0.3) is 0 Å². The van der Waals surface area contributed by atoms with Gasteiger partial charge in [-0.1, -0.05) is 26.2 Å². The van der Waals surface area contributed by atoms with E-state index in [0.717, 1.165) is 30.1 Å². The summed E-state index contributed by atoms with van der Waals surface area (Å²) in [6.45, 7) is 2.18. The first-order chi connectivity index (χ1) is 14.7. The van der Waals surface area contributed by atoms with E-state index in [-0.39, 0.29) is 10.9 Å². The molecule has 0 atom stereocenters. The van der Waals surface area contributed by atoms with Crippen molar-refractivity contribution in [2.45, 2.75) is 75.1 Å². The van der Waals surface area contributed by atoms with Crippen LogP contribution in [0.15, 0.2) is 0 Å². The lowest BCUT2D eigenvalue weighted by Crippen LogP contribution is -2.63. The molecule has 0 N–H and O–H groups in total. The van der Waals surface area contributed by atoms with E-state index < -0.39 is 33.4 Å². The Kier molecular flexibility index (Phi) is 11.7. The second kappa shape index (κ2) is 12.1. The first-order valence-electron chi connectivity index (χ1n) is 9.55. The Bertz CT molecular complexity index is 757. The lowest BCUT2D eigenvalue weighted by Gasteiger charge is -2.34. The van der Waals surface area contributed by atoms with Crippen LogP contribution in [0.4, 0.5) is 39.5 Å². The van der Waals surface area contributed by atoms with Gasteiger partial charge in [-0.2, -0.15) is 39.5 Å². The van der Waals surface area contributed by atoms with Gasteiger partial charge in [-0.3, -0.25) is 9.59 Å². The van der Waals surface area contributed by atoms with Gasteiger partial charge in [-0.25, -0.2) is 8.42 Å². The van der Waals surface area contributed by atoms with Crippen LogP contribution in [0, 0.1) is 0 Å². The quantitative estimate of drug-likeness (QED) is 0.176. The summed E-state index contributed by atoms with van der Waals surface area (Å²) in [6, 6.07) is 0. The van der Waals surface area contributed by atoms with Crippen molar-refractivity contribution in [3.63, 3.8) is 0 Å². The minimum absolute atomic E-state index is 0.227. The van der Waals surface area contributed by atoms with Crippen LogP contribution in [-0.4, -0.2) is 65.1 Å². The minimum atomic E-state index is -7.43. The minimum Gasteiger partial charge on any atom is -0.743 e. The van der Waals surface area contributed by atoms with Gasteiger partial charge in [-0.15, -0.1) is 0 Å². The largest absolute Gasteiger partial charge is 0.743 e. The molecule has 196 valence electrons. The highest BCUT2D eigenvalue weighted by atomic mass is 32.2. The first kappa shape index (κ1) is 32.0. The maximum Gasteiger partial charge on any atom is 0.460 e. The third-order valence-electron chi connectivity index (χ3n) is 4.44. The van der Waals surface area contributed by atoms with Crippen LogP contribution in [0.3, 0.4) is 0 Å². The number of hydrogen-bond acceptors (Lipinski definition) is 5. The Balaban J connectivity index is 0.000000621. The molecule has 0 aromatic heterocycles. The summed E-state index contributed by atoms with van der Waals surface area (Å²) in [4.78, 5) is 22.7. The van der Waals surface area contributed by atoms with Crippen LogP contribution in [-0.2, 0) is 30.6 Å². The van der Waals surface area contributed by atoms with E-state index >= 15 is 0 Å². The van der Waals surface area contributed by atoms with Crippen molar-refractivity contribution in [2.75, 3.05) is 17.3 Å². The fourth-order valence-electron chi connectivity index (χ4n) is 2.45. The topological polar surface area (TPSA) is 91.3 Å². The molecule has 5 nitrogen and oxygen atoms in total. The van der Waals surface area contributed by atoms with Gasteiger partial charge in [0.25, 0.3) is 0 Å². The summed E-state index contributed by atoms with van der Waals surface area (Å²) in [6.07, 6.45) is -0.258. The van der Waals surface area contributed by atoms with Gasteiger partial charge in [-0.05, 0) is 17.3 Å². The lowest BCUT2D eigenvalue weighted by molar-refractivity contribution is -0.382. The van der Waals surface area contributed by atoms with Crippen LogP contribution >= 0.6 is 0 Å². The summed E-state index contributed by atoms with van der Waals surface area (Å²) in [7, 11) is -7.19. The maximum atomic E-state index is 12.2. The zero-order chi connectivity index (χ0) is 26.3. The molecular weight excluding hydrogens is 519 g/mol.